The van der Waals surface area contributed by atoms with Gasteiger partial charge in [0.2, 0.25) is 0 Å². The van der Waals surface area contributed by atoms with Crippen molar-refractivity contribution in [3.05, 3.63) is 51.5 Å². The van der Waals surface area contributed by atoms with E-state index in [4.69, 9.17) is 14.7 Å². The highest BCUT2D eigenvalue weighted by Gasteiger charge is 2.40. The summed E-state index contributed by atoms with van der Waals surface area (Å²) < 4.78 is 5.36. The maximum absolute atomic E-state index is 5.36. The molecule has 0 amide bonds. The van der Waals surface area contributed by atoms with Crippen LogP contribution in [0.3, 0.4) is 0 Å². The standard InChI is InChI=1S/C21H30N4OS/c1-6-22-21(24-19-11-18(19)17-10-8-7-9-14(17)2)25(4)12-16-13-27-20(23-16)15(3)26-5/h7-10,13,15,18-19H,6,11-12H2,1-5H3,(H,22,24). The number of aliphatic imine (C=N–C) groups is 1. The predicted molar refractivity (Wildman–Crippen MR) is 112 cm³/mol. The summed E-state index contributed by atoms with van der Waals surface area (Å²) in [5.74, 6) is 1.53. The van der Waals surface area contributed by atoms with Gasteiger partial charge in [-0.2, -0.15) is 0 Å². The molecule has 1 heterocycles. The minimum absolute atomic E-state index is 0.0392. The summed E-state index contributed by atoms with van der Waals surface area (Å²) in [4.78, 5) is 11.6. The number of benzene rings is 1. The zero-order valence-electron chi connectivity index (χ0n) is 16.9. The number of nitrogens with zero attached hydrogens (tertiary/aromatic N) is 3. The van der Waals surface area contributed by atoms with Crippen LogP contribution in [0, 0.1) is 6.92 Å². The molecule has 27 heavy (non-hydrogen) atoms. The van der Waals surface area contributed by atoms with Gasteiger partial charge in [-0.3, -0.25) is 4.99 Å². The molecule has 1 aliphatic rings. The third-order valence-electron chi connectivity index (χ3n) is 5.03. The van der Waals surface area contributed by atoms with Crippen molar-refractivity contribution >= 4 is 17.3 Å². The quantitative estimate of drug-likeness (QED) is 0.575. The van der Waals surface area contributed by atoms with Gasteiger partial charge in [0.05, 0.1) is 12.2 Å². The number of nitrogens with one attached hydrogen (secondary N) is 1. The first-order chi connectivity index (χ1) is 13.0. The van der Waals surface area contributed by atoms with E-state index in [9.17, 15) is 0 Å². The van der Waals surface area contributed by atoms with Crippen LogP contribution in [0.15, 0.2) is 34.6 Å². The molecule has 146 valence electrons. The van der Waals surface area contributed by atoms with E-state index in [1.807, 2.05) is 6.92 Å². The molecule has 0 saturated heterocycles. The molecule has 1 aliphatic carbocycles. The monoisotopic (exact) mass is 386 g/mol. The highest BCUT2D eigenvalue weighted by atomic mass is 32.1. The number of methoxy groups -OCH3 is 1. The summed E-state index contributed by atoms with van der Waals surface area (Å²) in [5.41, 5.74) is 3.88. The number of hydrogen-bond acceptors (Lipinski definition) is 4. The van der Waals surface area contributed by atoms with Gasteiger partial charge in [0.15, 0.2) is 5.96 Å². The number of ether oxygens (including phenoxy) is 1. The molecule has 1 aromatic heterocycles. The van der Waals surface area contributed by atoms with Gasteiger partial charge in [0, 0.05) is 38.0 Å². The van der Waals surface area contributed by atoms with Crippen LogP contribution >= 0.6 is 11.3 Å². The van der Waals surface area contributed by atoms with Crippen molar-refractivity contribution in [1.82, 2.24) is 15.2 Å². The van der Waals surface area contributed by atoms with Crippen LogP contribution in [0.2, 0.25) is 0 Å². The normalized spacial score (nSPS) is 20.4. The first kappa shape index (κ1) is 19.8. The van der Waals surface area contributed by atoms with Gasteiger partial charge < -0.3 is 15.0 Å². The number of thiazole rings is 1. The average molecular weight is 387 g/mol. The minimum Gasteiger partial charge on any atom is -0.375 e. The first-order valence-electron chi connectivity index (χ1n) is 9.58. The number of hydrogen-bond donors (Lipinski definition) is 1. The minimum atomic E-state index is 0.0392. The second kappa shape index (κ2) is 8.85. The summed E-state index contributed by atoms with van der Waals surface area (Å²) >= 11 is 1.65. The van der Waals surface area contributed by atoms with E-state index in [1.165, 1.54) is 11.1 Å². The SMILES string of the molecule is CCN=C(NC1CC1c1ccccc1C)N(C)Cc1csc(C(C)OC)n1. The number of rotatable bonds is 7. The molecule has 2 aromatic rings. The van der Waals surface area contributed by atoms with E-state index in [2.05, 4.69) is 60.8 Å². The van der Waals surface area contributed by atoms with Crippen molar-refractivity contribution in [2.75, 3.05) is 20.7 Å². The lowest BCUT2D eigenvalue weighted by atomic mass is 10.0. The molecular weight excluding hydrogens is 356 g/mol. The summed E-state index contributed by atoms with van der Waals surface area (Å²) in [6.07, 6.45) is 1.20. The molecule has 5 nitrogen and oxygen atoms in total. The molecule has 6 heteroatoms. The summed E-state index contributed by atoms with van der Waals surface area (Å²) in [6.45, 7) is 7.79. The first-order valence-corrected chi connectivity index (χ1v) is 10.5. The molecule has 3 atom stereocenters. The fraction of sp³-hybridized carbons (Fsp3) is 0.524. The summed E-state index contributed by atoms with van der Waals surface area (Å²) in [7, 11) is 3.79. The topological polar surface area (TPSA) is 49.8 Å². The van der Waals surface area contributed by atoms with E-state index in [0.29, 0.717) is 12.0 Å². The number of guanidine groups is 1. The molecule has 3 unspecified atom stereocenters. The molecular formula is C21H30N4OS. The largest absolute Gasteiger partial charge is 0.375 e. The van der Waals surface area contributed by atoms with Crippen LogP contribution in [0.5, 0.6) is 0 Å². The van der Waals surface area contributed by atoms with E-state index in [0.717, 1.165) is 36.2 Å². The van der Waals surface area contributed by atoms with Gasteiger partial charge in [-0.1, -0.05) is 24.3 Å². The van der Waals surface area contributed by atoms with Gasteiger partial charge in [0.25, 0.3) is 0 Å². The van der Waals surface area contributed by atoms with Crippen molar-refractivity contribution in [3.63, 3.8) is 0 Å². The zero-order valence-corrected chi connectivity index (χ0v) is 17.7. The number of aromatic nitrogens is 1. The molecule has 1 aromatic carbocycles. The molecule has 3 rings (SSSR count). The molecule has 0 bridgehead atoms. The Hall–Kier alpha value is -1.92. The van der Waals surface area contributed by atoms with Gasteiger partial charge in [-0.05, 0) is 38.3 Å². The smallest absolute Gasteiger partial charge is 0.194 e. The van der Waals surface area contributed by atoms with Gasteiger partial charge in [-0.25, -0.2) is 4.98 Å². The molecule has 1 N–H and O–H groups in total. The van der Waals surface area contributed by atoms with Crippen LogP contribution in [-0.4, -0.2) is 42.6 Å². The van der Waals surface area contributed by atoms with Crippen molar-refractivity contribution < 1.29 is 4.74 Å². The van der Waals surface area contributed by atoms with E-state index in [-0.39, 0.29) is 6.10 Å². The van der Waals surface area contributed by atoms with E-state index < -0.39 is 0 Å². The lowest BCUT2D eigenvalue weighted by Gasteiger charge is -2.22. The second-order valence-electron chi connectivity index (χ2n) is 7.16. The van der Waals surface area contributed by atoms with E-state index in [1.54, 1.807) is 18.4 Å². The Kier molecular flexibility index (Phi) is 6.50. The van der Waals surface area contributed by atoms with Gasteiger partial charge in [-0.15, -0.1) is 11.3 Å². The van der Waals surface area contributed by atoms with Crippen molar-refractivity contribution in [2.24, 2.45) is 4.99 Å². The van der Waals surface area contributed by atoms with Crippen molar-refractivity contribution in [2.45, 2.75) is 51.8 Å². The Morgan fingerprint density at radius 3 is 2.93 bits per heavy atom. The Morgan fingerprint density at radius 1 is 1.44 bits per heavy atom. The fourth-order valence-corrected chi connectivity index (χ4v) is 4.14. The Labute approximate surface area is 166 Å². The predicted octanol–water partition coefficient (Wildman–Crippen LogP) is 4.11. The van der Waals surface area contributed by atoms with Crippen LogP contribution in [0.1, 0.15) is 54.1 Å². The van der Waals surface area contributed by atoms with E-state index >= 15 is 0 Å². The van der Waals surface area contributed by atoms with Crippen LogP contribution in [0.25, 0.3) is 0 Å². The molecule has 0 spiro atoms. The third-order valence-corrected chi connectivity index (χ3v) is 6.09. The Bertz CT molecular complexity index is 788. The van der Waals surface area contributed by atoms with Crippen LogP contribution in [0.4, 0.5) is 0 Å². The molecule has 0 radical (unpaired) electrons. The molecule has 1 saturated carbocycles. The van der Waals surface area contributed by atoms with Gasteiger partial charge >= 0.3 is 0 Å². The molecule has 1 fully saturated rings. The highest BCUT2D eigenvalue weighted by Crippen LogP contribution is 2.42. The fourth-order valence-electron chi connectivity index (χ4n) is 3.29. The number of aryl methyl sites for hydroxylation is 1. The summed E-state index contributed by atoms with van der Waals surface area (Å²) in [6, 6.07) is 9.13. The van der Waals surface area contributed by atoms with Crippen molar-refractivity contribution in [3.8, 4) is 0 Å². The van der Waals surface area contributed by atoms with Crippen LogP contribution < -0.4 is 5.32 Å². The lowest BCUT2D eigenvalue weighted by Crippen LogP contribution is -2.40. The third kappa shape index (κ3) is 4.87. The van der Waals surface area contributed by atoms with Crippen LogP contribution in [-0.2, 0) is 11.3 Å². The molecule has 0 aliphatic heterocycles. The maximum atomic E-state index is 5.36. The van der Waals surface area contributed by atoms with Gasteiger partial charge in [0.1, 0.15) is 11.1 Å². The zero-order chi connectivity index (χ0) is 19.4. The Balaban J connectivity index is 1.62. The summed E-state index contributed by atoms with van der Waals surface area (Å²) in [5, 5.41) is 6.78. The highest BCUT2D eigenvalue weighted by molar-refractivity contribution is 7.09. The Morgan fingerprint density at radius 2 is 2.22 bits per heavy atom. The lowest BCUT2D eigenvalue weighted by molar-refractivity contribution is 0.119. The van der Waals surface area contributed by atoms with Crippen molar-refractivity contribution in [1.29, 1.82) is 0 Å². The average Bonchev–Trinajstić information content (AvgIpc) is 3.27. The second-order valence-corrected chi connectivity index (χ2v) is 8.05. The maximum Gasteiger partial charge on any atom is 0.194 e.